The topological polar surface area (TPSA) is 71.1 Å². The first-order valence-electron chi connectivity index (χ1n) is 8.99. The number of nitrogens with one attached hydrogen (secondary N) is 1. The van der Waals surface area contributed by atoms with Crippen LogP contribution < -0.4 is 5.32 Å². The highest BCUT2D eigenvalue weighted by atomic mass is 16.6. The maximum atomic E-state index is 12.4. The Kier molecular flexibility index (Phi) is 7.11. The number of alkyl carbamates (subject to hydrolysis) is 1. The van der Waals surface area contributed by atoms with Crippen LogP contribution in [0.3, 0.4) is 0 Å². The van der Waals surface area contributed by atoms with Crippen molar-refractivity contribution >= 4 is 12.2 Å². The number of piperazine rings is 1. The van der Waals surface area contributed by atoms with Gasteiger partial charge in [0.2, 0.25) is 0 Å². The third-order valence-electron chi connectivity index (χ3n) is 3.70. The van der Waals surface area contributed by atoms with Gasteiger partial charge in [-0.15, -0.1) is 0 Å². The zero-order chi connectivity index (χ0) is 19.4. The molecule has 0 aliphatic carbocycles. The maximum Gasteiger partial charge on any atom is 0.410 e. The van der Waals surface area contributed by atoms with E-state index in [1.807, 2.05) is 60.3 Å². The van der Waals surface area contributed by atoms with E-state index >= 15 is 0 Å². The highest BCUT2D eigenvalue weighted by molar-refractivity contribution is 5.69. The minimum Gasteiger partial charge on any atom is -0.444 e. The zero-order valence-corrected chi connectivity index (χ0v) is 17.0. The number of carbonyl (C=O) groups is 2. The number of nitrogens with zero attached hydrogens (tertiary/aromatic N) is 2. The maximum absolute atomic E-state index is 12.4. The third kappa shape index (κ3) is 7.94. The molecule has 0 aromatic rings. The van der Waals surface area contributed by atoms with Crippen LogP contribution in [-0.4, -0.2) is 71.5 Å². The Balaban J connectivity index is 2.45. The first-order chi connectivity index (χ1) is 11.3. The van der Waals surface area contributed by atoms with Crippen molar-refractivity contribution in [2.24, 2.45) is 0 Å². The van der Waals surface area contributed by atoms with Crippen molar-refractivity contribution in [2.45, 2.75) is 78.7 Å². The predicted molar refractivity (Wildman–Crippen MR) is 97.7 cm³/mol. The highest BCUT2D eigenvalue weighted by Gasteiger charge is 2.35. The number of hydrogen-bond donors (Lipinski definition) is 1. The van der Waals surface area contributed by atoms with Gasteiger partial charge < -0.3 is 19.7 Å². The van der Waals surface area contributed by atoms with Gasteiger partial charge in [0.25, 0.3) is 0 Å². The van der Waals surface area contributed by atoms with Crippen LogP contribution >= 0.6 is 0 Å². The number of rotatable bonds is 3. The van der Waals surface area contributed by atoms with E-state index in [9.17, 15) is 9.59 Å². The smallest absolute Gasteiger partial charge is 0.410 e. The highest BCUT2D eigenvalue weighted by Crippen LogP contribution is 2.19. The van der Waals surface area contributed by atoms with E-state index in [-0.39, 0.29) is 18.2 Å². The molecule has 0 radical (unpaired) electrons. The molecule has 1 unspecified atom stereocenters. The lowest BCUT2D eigenvalue weighted by molar-refractivity contribution is -0.0147. The molecular formula is C18H35N3O4. The lowest BCUT2D eigenvalue weighted by Gasteiger charge is -2.44. The predicted octanol–water partition coefficient (Wildman–Crippen LogP) is 2.84. The monoisotopic (exact) mass is 357 g/mol. The molecule has 146 valence electrons. The number of amides is 2. The van der Waals surface area contributed by atoms with E-state index in [0.29, 0.717) is 6.54 Å². The largest absolute Gasteiger partial charge is 0.444 e. The summed E-state index contributed by atoms with van der Waals surface area (Å²) in [5.74, 6) is 0. The molecule has 2 atom stereocenters. The van der Waals surface area contributed by atoms with Gasteiger partial charge in [-0.05, 0) is 55.4 Å². The van der Waals surface area contributed by atoms with Gasteiger partial charge in [-0.25, -0.2) is 9.59 Å². The van der Waals surface area contributed by atoms with Crippen molar-refractivity contribution in [3.63, 3.8) is 0 Å². The summed E-state index contributed by atoms with van der Waals surface area (Å²) >= 11 is 0. The van der Waals surface area contributed by atoms with Crippen molar-refractivity contribution in [3.8, 4) is 0 Å². The fourth-order valence-corrected chi connectivity index (χ4v) is 2.92. The van der Waals surface area contributed by atoms with Gasteiger partial charge in [-0.2, -0.15) is 0 Å². The fraction of sp³-hybridized carbons (Fsp3) is 0.889. The Labute approximate surface area is 152 Å². The van der Waals surface area contributed by atoms with Crippen molar-refractivity contribution in [3.05, 3.63) is 0 Å². The molecule has 1 heterocycles. The quantitative estimate of drug-likeness (QED) is 0.841. The van der Waals surface area contributed by atoms with Gasteiger partial charge in [0.1, 0.15) is 11.2 Å². The molecule has 1 fully saturated rings. The molecule has 0 aromatic heterocycles. The van der Waals surface area contributed by atoms with Crippen molar-refractivity contribution in [2.75, 3.05) is 26.2 Å². The van der Waals surface area contributed by atoms with Crippen LogP contribution in [0.5, 0.6) is 0 Å². The molecule has 1 aliphatic heterocycles. The van der Waals surface area contributed by atoms with Crippen molar-refractivity contribution in [1.82, 2.24) is 15.1 Å². The van der Waals surface area contributed by atoms with Gasteiger partial charge >= 0.3 is 12.2 Å². The Hall–Kier alpha value is -1.50. The Morgan fingerprint density at radius 1 is 0.960 bits per heavy atom. The molecule has 0 aromatic carbocycles. The van der Waals surface area contributed by atoms with E-state index < -0.39 is 17.3 Å². The minimum atomic E-state index is -0.495. The molecule has 0 bridgehead atoms. The Morgan fingerprint density at radius 2 is 1.44 bits per heavy atom. The standard InChI is InChI=1S/C18H35N3O4/c1-13-11-20(10-9-19-15(22)24-17(3,4)5)12-14(2)21(13)16(23)25-18(6,7)8/h13-14H,9-12H2,1-8H3,(H,19,22)/t13-,14?/m1/s1. The molecule has 25 heavy (non-hydrogen) atoms. The van der Waals surface area contributed by atoms with Crippen LogP contribution in [0.1, 0.15) is 55.4 Å². The average molecular weight is 357 g/mol. The first kappa shape index (κ1) is 21.5. The molecule has 1 N–H and O–H groups in total. The van der Waals surface area contributed by atoms with Gasteiger partial charge in [-0.3, -0.25) is 4.90 Å². The molecule has 7 nitrogen and oxygen atoms in total. The summed E-state index contributed by atoms with van der Waals surface area (Å²) < 4.78 is 10.7. The molecule has 0 saturated carbocycles. The van der Waals surface area contributed by atoms with Gasteiger partial charge in [0.05, 0.1) is 0 Å². The number of carbonyl (C=O) groups excluding carboxylic acids is 2. The third-order valence-corrected chi connectivity index (χ3v) is 3.70. The average Bonchev–Trinajstić information content (AvgIpc) is 2.32. The second-order valence-corrected chi connectivity index (χ2v) is 8.77. The normalized spacial score (nSPS) is 22.5. The minimum absolute atomic E-state index is 0.0557. The molecule has 7 heteroatoms. The van der Waals surface area contributed by atoms with Crippen LogP contribution in [0.15, 0.2) is 0 Å². The van der Waals surface area contributed by atoms with Crippen LogP contribution in [-0.2, 0) is 9.47 Å². The van der Waals surface area contributed by atoms with Crippen molar-refractivity contribution < 1.29 is 19.1 Å². The van der Waals surface area contributed by atoms with E-state index in [0.717, 1.165) is 19.6 Å². The summed E-state index contributed by atoms with van der Waals surface area (Å²) in [5, 5.41) is 2.77. The summed E-state index contributed by atoms with van der Waals surface area (Å²) in [6.07, 6.45) is -0.667. The fourth-order valence-electron chi connectivity index (χ4n) is 2.92. The first-order valence-corrected chi connectivity index (χ1v) is 8.99. The summed E-state index contributed by atoms with van der Waals surface area (Å²) in [6, 6.07) is 0.111. The van der Waals surface area contributed by atoms with E-state index in [4.69, 9.17) is 9.47 Å². The summed E-state index contributed by atoms with van der Waals surface area (Å²) in [7, 11) is 0. The van der Waals surface area contributed by atoms with Crippen LogP contribution in [0, 0.1) is 0 Å². The summed E-state index contributed by atoms with van der Waals surface area (Å²) in [5.41, 5.74) is -0.989. The van der Waals surface area contributed by atoms with E-state index in [1.165, 1.54) is 0 Å². The van der Waals surface area contributed by atoms with Crippen LogP contribution in [0.4, 0.5) is 9.59 Å². The second-order valence-electron chi connectivity index (χ2n) is 8.77. The summed E-state index contributed by atoms with van der Waals surface area (Å²) in [6.45, 7) is 17.9. The zero-order valence-electron chi connectivity index (χ0n) is 17.0. The number of hydrogen-bond acceptors (Lipinski definition) is 5. The molecule has 0 spiro atoms. The van der Waals surface area contributed by atoms with Crippen molar-refractivity contribution in [1.29, 1.82) is 0 Å². The van der Waals surface area contributed by atoms with Gasteiger partial charge in [0, 0.05) is 38.3 Å². The molecule has 2 amide bonds. The van der Waals surface area contributed by atoms with Crippen LogP contribution in [0.2, 0.25) is 0 Å². The SMILES string of the molecule is CC1CN(CCNC(=O)OC(C)(C)C)C[C@@H](C)N1C(=O)OC(C)(C)C. The molecule has 1 saturated heterocycles. The van der Waals surface area contributed by atoms with Gasteiger partial charge in [0.15, 0.2) is 0 Å². The van der Waals surface area contributed by atoms with E-state index in [2.05, 4.69) is 10.2 Å². The molecular weight excluding hydrogens is 322 g/mol. The Morgan fingerprint density at radius 3 is 1.88 bits per heavy atom. The van der Waals surface area contributed by atoms with E-state index in [1.54, 1.807) is 0 Å². The molecule has 1 rings (SSSR count). The van der Waals surface area contributed by atoms with Crippen LogP contribution in [0.25, 0.3) is 0 Å². The summed E-state index contributed by atoms with van der Waals surface area (Å²) in [4.78, 5) is 28.1. The van der Waals surface area contributed by atoms with Gasteiger partial charge in [-0.1, -0.05) is 0 Å². The second kappa shape index (κ2) is 8.25. The lowest BCUT2D eigenvalue weighted by Crippen LogP contribution is -2.60. The Bertz CT molecular complexity index is 456. The lowest BCUT2D eigenvalue weighted by atomic mass is 10.1. The molecule has 1 aliphatic rings. The number of ether oxygens (including phenoxy) is 2.